The molecule has 0 saturated heterocycles. The lowest BCUT2D eigenvalue weighted by Gasteiger charge is -2.48. The number of hydrogen-bond donors (Lipinski definition) is 3. The van der Waals surface area contributed by atoms with E-state index in [9.17, 15) is 15.3 Å². The minimum atomic E-state index is -0.125. The number of hydrogen-bond acceptors (Lipinski definition) is 3. The molecule has 0 spiro atoms. The smallest absolute Gasteiger partial charge is 0.115 e. The van der Waals surface area contributed by atoms with E-state index in [1.807, 2.05) is 12.1 Å². The normalized spacial score (nSPS) is 16.7. The van der Waals surface area contributed by atoms with Gasteiger partial charge in [-0.25, -0.2) is 0 Å². The molecule has 168 valence electrons. The van der Waals surface area contributed by atoms with E-state index in [0.717, 1.165) is 38.5 Å². The zero-order valence-electron chi connectivity index (χ0n) is 19.1. The maximum atomic E-state index is 9.85. The van der Waals surface area contributed by atoms with E-state index in [-0.39, 0.29) is 22.3 Å². The van der Waals surface area contributed by atoms with Gasteiger partial charge in [-0.3, -0.25) is 0 Å². The molecule has 4 rings (SSSR count). The third-order valence-corrected chi connectivity index (χ3v) is 8.16. The van der Waals surface area contributed by atoms with E-state index >= 15 is 0 Å². The Morgan fingerprint density at radius 2 is 1.03 bits per heavy atom. The summed E-state index contributed by atoms with van der Waals surface area (Å²) in [6.07, 6.45) is 6.39. The van der Waals surface area contributed by atoms with Gasteiger partial charge in [0, 0.05) is 5.41 Å². The molecule has 0 heterocycles. The lowest BCUT2D eigenvalue weighted by Crippen LogP contribution is -2.41. The first-order valence-corrected chi connectivity index (χ1v) is 11.8. The van der Waals surface area contributed by atoms with Crippen molar-refractivity contribution in [2.24, 2.45) is 5.92 Å². The minimum Gasteiger partial charge on any atom is -0.508 e. The van der Waals surface area contributed by atoms with Gasteiger partial charge >= 0.3 is 0 Å². The Labute approximate surface area is 191 Å². The van der Waals surface area contributed by atoms with E-state index < -0.39 is 0 Å². The van der Waals surface area contributed by atoms with Gasteiger partial charge in [0.25, 0.3) is 0 Å². The first-order valence-electron chi connectivity index (χ1n) is 11.8. The Kier molecular flexibility index (Phi) is 6.19. The molecule has 3 heteroatoms. The summed E-state index contributed by atoms with van der Waals surface area (Å²) >= 11 is 0. The van der Waals surface area contributed by atoms with Crippen molar-refractivity contribution >= 4 is 0 Å². The average molecular weight is 431 g/mol. The van der Waals surface area contributed by atoms with Crippen molar-refractivity contribution in [3.63, 3.8) is 0 Å². The zero-order valence-corrected chi connectivity index (χ0v) is 19.1. The summed E-state index contributed by atoms with van der Waals surface area (Å²) in [7, 11) is 0. The fourth-order valence-corrected chi connectivity index (χ4v) is 6.23. The van der Waals surface area contributed by atoms with Gasteiger partial charge in [-0.15, -0.1) is 0 Å². The number of phenols is 3. The molecule has 3 aromatic rings. The summed E-state index contributed by atoms with van der Waals surface area (Å²) in [6.45, 7) is 4.58. The van der Waals surface area contributed by atoms with Crippen LogP contribution in [-0.2, 0) is 10.8 Å². The highest BCUT2D eigenvalue weighted by atomic mass is 16.3. The van der Waals surface area contributed by atoms with Gasteiger partial charge in [0.05, 0.1) is 0 Å². The van der Waals surface area contributed by atoms with Crippen LogP contribution < -0.4 is 0 Å². The van der Waals surface area contributed by atoms with Crippen molar-refractivity contribution in [2.75, 3.05) is 0 Å². The number of benzene rings is 3. The van der Waals surface area contributed by atoms with Crippen molar-refractivity contribution in [1.29, 1.82) is 0 Å². The van der Waals surface area contributed by atoms with Crippen LogP contribution in [-0.4, -0.2) is 15.3 Å². The van der Waals surface area contributed by atoms with Crippen molar-refractivity contribution in [1.82, 2.24) is 0 Å². The summed E-state index contributed by atoms with van der Waals surface area (Å²) in [4.78, 5) is 0. The molecule has 0 aliphatic heterocycles. The predicted molar refractivity (Wildman–Crippen MR) is 129 cm³/mol. The lowest BCUT2D eigenvalue weighted by molar-refractivity contribution is 0.154. The van der Waals surface area contributed by atoms with Gasteiger partial charge in [0.15, 0.2) is 0 Å². The molecule has 0 unspecified atom stereocenters. The molecule has 1 aliphatic carbocycles. The lowest BCUT2D eigenvalue weighted by atomic mass is 9.56. The van der Waals surface area contributed by atoms with Crippen LogP contribution in [0.25, 0.3) is 0 Å². The highest BCUT2D eigenvalue weighted by Crippen LogP contribution is 2.53. The third-order valence-electron chi connectivity index (χ3n) is 8.16. The molecule has 3 nitrogen and oxygen atoms in total. The molecule has 0 bridgehead atoms. The first kappa shape index (κ1) is 22.3. The molecule has 0 amide bonds. The van der Waals surface area contributed by atoms with E-state index in [1.165, 1.54) is 16.7 Å². The second kappa shape index (κ2) is 8.90. The summed E-state index contributed by atoms with van der Waals surface area (Å²) < 4.78 is 0. The molecular weight excluding hydrogens is 396 g/mol. The van der Waals surface area contributed by atoms with Gasteiger partial charge in [0.1, 0.15) is 17.2 Å². The third kappa shape index (κ3) is 3.85. The summed E-state index contributed by atoms with van der Waals surface area (Å²) in [5.41, 5.74) is 3.75. The quantitative estimate of drug-likeness (QED) is 0.393. The highest BCUT2D eigenvalue weighted by molar-refractivity contribution is 5.44. The Balaban J connectivity index is 1.70. The van der Waals surface area contributed by atoms with Crippen LogP contribution in [0.4, 0.5) is 0 Å². The van der Waals surface area contributed by atoms with E-state index in [1.54, 1.807) is 24.3 Å². The van der Waals surface area contributed by atoms with Gasteiger partial charge in [-0.1, -0.05) is 50.2 Å². The predicted octanol–water partition coefficient (Wildman–Crippen LogP) is 7.04. The van der Waals surface area contributed by atoms with Crippen molar-refractivity contribution in [3.8, 4) is 17.2 Å². The maximum absolute atomic E-state index is 9.85. The van der Waals surface area contributed by atoms with Crippen LogP contribution in [0.15, 0.2) is 72.8 Å². The van der Waals surface area contributed by atoms with Crippen molar-refractivity contribution in [2.45, 2.75) is 63.2 Å². The molecule has 32 heavy (non-hydrogen) atoms. The molecule has 0 aromatic heterocycles. The van der Waals surface area contributed by atoms with Crippen LogP contribution in [0.2, 0.25) is 0 Å². The number of phenolic OH excluding ortho intramolecular Hbond substituents is 3. The molecular formula is C29H34O3. The largest absolute Gasteiger partial charge is 0.508 e. The molecule has 1 aliphatic rings. The van der Waals surface area contributed by atoms with Crippen LogP contribution >= 0.6 is 0 Å². The summed E-state index contributed by atoms with van der Waals surface area (Å²) in [5, 5.41) is 29.5. The van der Waals surface area contributed by atoms with Gasteiger partial charge in [0.2, 0.25) is 0 Å². The van der Waals surface area contributed by atoms with Crippen LogP contribution in [0.1, 0.15) is 69.1 Å². The fourth-order valence-electron chi connectivity index (χ4n) is 6.23. The molecule has 1 saturated carbocycles. The molecule has 1 fully saturated rings. The first-order chi connectivity index (χ1) is 15.4. The Hall–Kier alpha value is -2.94. The number of aromatic hydroxyl groups is 3. The van der Waals surface area contributed by atoms with E-state index in [0.29, 0.717) is 11.7 Å². The van der Waals surface area contributed by atoms with E-state index in [4.69, 9.17) is 0 Å². The summed E-state index contributed by atoms with van der Waals surface area (Å²) in [5.74, 6) is 1.44. The Morgan fingerprint density at radius 3 is 1.41 bits per heavy atom. The van der Waals surface area contributed by atoms with Crippen molar-refractivity contribution < 1.29 is 15.3 Å². The van der Waals surface area contributed by atoms with Gasteiger partial charge in [-0.05, 0) is 103 Å². The fraction of sp³-hybridized carbons (Fsp3) is 0.379. The maximum Gasteiger partial charge on any atom is 0.115 e. The zero-order chi connectivity index (χ0) is 22.8. The van der Waals surface area contributed by atoms with Crippen LogP contribution in [0.5, 0.6) is 17.2 Å². The molecule has 3 N–H and O–H groups in total. The molecule has 0 radical (unpaired) electrons. The Morgan fingerprint density at radius 1 is 0.656 bits per heavy atom. The van der Waals surface area contributed by atoms with Crippen molar-refractivity contribution in [3.05, 3.63) is 89.5 Å². The second-order valence-corrected chi connectivity index (χ2v) is 9.36. The van der Waals surface area contributed by atoms with Gasteiger partial charge in [-0.2, -0.15) is 0 Å². The number of rotatable bonds is 6. The molecule has 0 atom stereocenters. The minimum absolute atomic E-state index is 0.101. The average Bonchev–Trinajstić information content (AvgIpc) is 2.83. The summed E-state index contributed by atoms with van der Waals surface area (Å²) in [6, 6.07) is 23.2. The van der Waals surface area contributed by atoms with E-state index in [2.05, 4.69) is 50.2 Å². The van der Waals surface area contributed by atoms with Gasteiger partial charge < -0.3 is 15.3 Å². The molecule has 3 aromatic carbocycles. The SMILES string of the molecule is CCC(CC)(c1ccc(O)cc1)C1CCC(c2ccc(O)cc2)(c2ccc(O)cc2)CC1. The standard InChI is InChI=1S/C29H34O3/c1-3-28(4-2,21-5-11-25(30)12-6-21)24-17-19-29(20-18-24,22-7-13-26(31)14-8-22)23-9-15-27(32)16-10-23/h5-16,24,30-32H,3-4,17-20H2,1-2H3. The Bertz CT molecular complexity index is 960. The second-order valence-electron chi connectivity index (χ2n) is 9.36. The topological polar surface area (TPSA) is 60.7 Å². The van der Waals surface area contributed by atoms with Crippen LogP contribution in [0, 0.1) is 5.92 Å². The highest BCUT2D eigenvalue weighted by Gasteiger charge is 2.45. The van der Waals surface area contributed by atoms with Crippen LogP contribution in [0.3, 0.4) is 0 Å². The monoisotopic (exact) mass is 430 g/mol.